The van der Waals surface area contributed by atoms with Crippen molar-refractivity contribution in [1.82, 2.24) is 30.0 Å². The number of rotatable bonds is 5. The summed E-state index contributed by atoms with van der Waals surface area (Å²) in [5.74, 6) is 0.498. The molecule has 8 nitrogen and oxygen atoms in total. The molecule has 0 bridgehead atoms. The van der Waals surface area contributed by atoms with E-state index in [1.165, 1.54) is 6.92 Å². The summed E-state index contributed by atoms with van der Waals surface area (Å²) in [5, 5.41) is 7.56. The normalized spacial score (nSPS) is 22.0. The van der Waals surface area contributed by atoms with Crippen molar-refractivity contribution in [1.29, 1.82) is 0 Å². The fourth-order valence-corrected chi connectivity index (χ4v) is 4.15. The molecular formula is C20H26N6O2. The average molecular weight is 382 g/mol. The van der Waals surface area contributed by atoms with Gasteiger partial charge in [0.2, 0.25) is 11.8 Å². The first-order valence-corrected chi connectivity index (χ1v) is 9.99. The molecule has 1 fully saturated rings. The standard InChI is InChI=1S/C20H26N6O2/c1-14(27)21-10-12-26-19-18(22-8-9-23-19)17(24-26)16-7-11-25(13-16)20(28)15-5-3-2-4-6-15/h2-3,8-9,15-16H,4-7,10-13H2,1H3,(H,21,27)/t15-,16+/m0/s1. The van der Waals surface area contributed by atoms with Crippen molar-refractivity contribution in [3.05, 3.63) is 30.2 Å². The first-order valence-electron chi connectivity index (χ1n) is 9.99. The summed E-state index contributed by atoms with van der Waals surface area (Å²) in [7, 11) is 0. The fraction of sp³-hybridized carbons (Fsp3) is 0.550. The molecule has 0 saturated carbocycles. The van der Waals surface area contributed by atoms with Crippen LogP contribution in [0.25, 0.3) is 11.2 Å². The monoisotopic (exact) mass is 382 g/mol. The molecule has 2 aromatic heterocycles. The zero-order chi connectivity index (χ0) is 19.5. The minimum atomic E-state index is -0.0646. The van der Waals surface area contributed by atoms with Gasteiger partial charge in [-0.25, -0.2) is 14.6 Å². The van der Waals surface area contributed by atoms with Crippen molar-refractivity contribution in [3.8, 4) is 0 Å². The van der Waals surface area contributed by atoms with Gasteiger partial charge in [-0.1, -0.05) is 12.2 Å². The predicted molar refractivity (Wildman–Crippen MR) is 104 cm³/mol. The number of allylic oxidation sites excluding steroid dienone is 2. The summed E-state index contributed by atoms with van der Waals surface area (Å²) in [6.45, 7) is 3.99. The SMILES string of the molecule is CC(=O)NCCn1nc([C@@H]2CCN(C(=O)[C@H]3CC=CCC3)C2)c2nccnc21. The summed E-state index contributed by atoms with van der Waals surface area (Å²) >= 11 is 0. The molecule has 1 N–H and O–H groups in total. The molecule has 0 unspecified atom stereocenters. The maximum absolute atomic E-state index is 12.8. The van der Waals surface area contributed by atoms with Crippen LogP contribution in [0.3, 0.4) is 0 Å². The van der Waals surface area contributed by atoms with Gasteiger partial charge < -0.3 is 10.2 Å². The Hall–Kier alpha value is -2.77. The molecule has 0 radical (unpaired) electrons. The molecule has 8 heteroatoms. The minimum Gasteiger partial charge on any atom is -0.354 e. The molecule has 2 amide bonds. The van der Waals surface area contributed by atoms with Crippen LogP contribution < -0.4 is 5.32 Å². The minimum absolute atomic E-state index is 0.0646. The van der Waals surface area contributed by atoms with E-state index < -0.39 is 0 Å². The van der Waals surface area contributed by atoms with Crippen molar-refractivity contribution in [2.24, 2.45) is 5.92 Å². The van der Waals surface area contributed by atoms with Crippen LogP contribution in [-0.2, 0) is 16.1 Å². The molecule has 4 rings (SSSR count). The first kappa shape index (κ1) is 18.6. The van der Waals surface area contributed by atoms with E-state index in [1.54, 1.807) is 12.4 Å². The molecular weight excluding hydrogens is 356 g/mol. The number of nitrogens with one attached hydrogen (secondary N) is 1. The quantitative estimate of drug-likeness (QED) is 0.794. The molecule has 1 aliphatic heterocycles. The molecule has 148 valence electrons. The highest BCUT2D eigenvalue weighted by atomic mass is 16.2. The summed E-state index contributed by atoms with van der Waals surface area (Å²) in [5.41, 5.74) is 2.43. The van der Waals surface area contributed by atoms with Crippen molar-refractivity contribution in [3.63, 3.8) is 0 Å². The average Bonchev–Trinajstić information content (AvgIpc) is 3.33. The Labute approximate surface area is 164 Å². The predicted octanol–water partition coefficient (Wildman–Crippen LogP) is 1.63. The van der Waals surface area contributed by atoms with Gasteiger partial charge in [0.15, 0.2) is 5.65 Å². The van der Waals surface area contributed by atoms with Gasteiger partial charge in [0.05, 0.1) is 12.2 Å². The molecule has 0 spiro atoms. The van der Waals surface area contributed by atoms with Gasteiger partial charge in [0.1, 0.15) is 5.52 Å². The van der Waals surface area contributed by atoms with E-state index in [0.29, 0.717) is 19.6 Å². The Morgan fingerprint density at radius 3 is 2.86 bits per heavy atom. The van der Waals surface area contributed by atoms with Gasteiger partial charge in [-0.2, -0.15) is 5.10 Å². The lowest BCUT2D eigenvalue weighted by atomic mass is 9.93. The van der Waals surface area contributed by atoms with Gasteiger partial charge in [0, 0.05) is 50.8 Å². The molecule has 1 saturated heterocycles. The smallest absolute Gasteiger partial charge is 0.226 e. The number of amides is 2. The summed E-state index contributed by atoms with van der Waals surface area (Å²) < 4.78 is 1.81. The summed E-state index contributed by atoms with van der Waals surface area (Å²) in [6, 6.07) is 0. The fourth-order valence-electron chi connectivity index (χ4n) is 4.15. The van der Waals surface area contributed by atoms with Gasteiger partial charge in [-0.15, -0.1) is 0 Å². The Kier molecular flexibility index (Phi) is 5.36. The Balaban J connectivity index is 1.50. The van der Waals surface area contributed by atoms with Crippen LogP contribution in [0.1, 0.15) is 44.2 Å². The molecule has 28 heavy (non-hydrogen) atoms. The van der Waals surface area contributed by atoms with Gasteiger partial charge in [0.25, 0.3) is 0 Å². The number of nitrogens with zero attached hydrogens (tertiary/aromatic N) is 5. The number of fused-ring (bicyclic) bond motifs is 1. The van der Waals surface area contributed by atoms with E-state index in [2.05, 4.69) is 27.4 Å². The van der Waals surface area contributed by atoms with E-state index in [-0.39, 0.29) is 23.7 Å². The maximum atomic E-state index is 12.8. The highest BCUT2D eigenvalue weighted by Crippen LogP contribution is 2.32. The van der Waals surface area contributed by atoms with E-state index >= 15 is 0 Å². The Morgan fingerprint density at radius 1 is 1.21 bits per heavy atom. The highest BCUT2D eigenvalue weighted by Gasteiger charge is 2.34. The molecule has 2 aromatic rings. The van der Waals surface area contributed by atoms with E-state index in [1.807, 2.05) is 9.58 Å². The number of hydrogen-bond acceptors (Lipinski definition) is 5. The van der Waals surface area contributed by atoms with E-state index in [0.717, 1.165) is 49.1 Å². The highest BCUT2D eigenvalue weighted by molar-refractivity contribution is 5.80. The largest absolute Gasteiger partial charge is 0.354 e. The van der Waals surface area contributed by atoms with E-state index in [9.17, 15) is 9.59 Å². The lowest BCUT2D eigenvalue weighted by molar-refractivity contribution is -0.134. The third-order valence-electron chi connectivity index (χ3n) is 5.60. The van der Waals surface area contributed by atoms with Gasteiger partial charge in [-0.3, -0.25) is 9.59 Å². The van der Waals surface area contributed by atoms with Gasteiger partial charge in [-0.05, 0) is 25.7 Å². The van der Waals surface area contributed by atoms with Gasteiger partial charge >= 0.3 is 0 Å². The summed E-state index contributed by atoms with van der Waals surface area (Å²) in [4.78, 5) is 34.9. The van der Waals surface area contributed by atoms with Crippen LogP contribution >= 0.6 is 0 Å². The second-order valence-electron chi connectivity index (χ2n) is 7.57. The van der Waals surface area contributed by atoms with Crippen LogP contribution in [0.15, 0.2) is 24.5 Å². The zero-order valence-electron chi connectivity index (χ0n) is 16.2. The van der Waals surface area contributed by atoms with Crippen LogP contribution in [0.5, 0.6) is 0 Å². The second-order valence-corrected chi connectivity index (χ2v) is 7.57. The Morgan fingerprint density at radius 2 is 2.07 bits per heavy atom. The van der Waals surface area contributed by atoms with E-state index in [4.69, 9.17) is 5.10 Å². The second kappa shape index (κ2) is 8.08. The zero-order valence-corrected chi connectivity index (χ0v) is 16.2. The van der Waals surface area contributed by atoms with Crippen LogP contribution in [0.4, 0.5) is 0 Å². The number of carbonyl (C=O) groups is 2. The number of carbonyl (C=O) groups excluding carboxylic acids is 2. The molecule has 2 atom stereocenters. The lowest BCUT2D eigenvalue weighted by Gasteiger charge is -2.24. The Bertz CT molecular complexity index is 905. The molecule has 2 aliphatic rings. The third-order valence-corrected chi connectivity index (χ3v) is 5.60. The lowest BCUT2D eigenvalue weighted by Crippen LogP contribution is -2.34. The number of hydrogen-bond donors (Lipinski definition) is 1. The van der Waals surface area contributed by atoms with Crippen LogP contribution in [-0.4, -0.2) is 56.1 Å². The number of likely N-dealkylation sites (tertiary alicyclic amines) is 1. The molecule has 0 aromatic carbocycles. The summed E-state index contributed by atoms with van der Waals surface area (Å²) in [6.07, 6.45) is 11.3. The maximum Gasteiger partial charge on any atom is 0.226 e. The first-order chi connectivity index (χ1) is 13.6. The van der Waals surface area contributed by atoms with Crippen molar-refractivity contribution >= 4 is 23.0 Å². The van der Waals surface area contributed by atoms with Crippen molar-refractivity contribution in [2.45, 2.75) is 45.1 Å². The number of aromatic nitrogens is 4. The topological polar surface area (TPSA) is 93.0 Å². The van der Waals surface area contributed by atoms with Crippen LogP contribution in [0.2, 0.25) is 0 Å². The molecule has 1 aliphatic carbocycles. The molecule has 3 heterocycles. The third kappa shape index (κ3) is 3.76. The van der Waals surface area contributed by atoms with Crippen molar-refractivity contribution < 1.29 is 9.59 Å². The van der Waals surface area contributed by atoms with Crippen molar-refractivity contribution in [2.75, 3.05) is 19.6 Å². The van der Waals surface area contributed by atoms with Crippen LogP contribution in [0, 0.1) is 5.92 Å².